The van der Waals surface area contributed by atoms with E-state index in [0.29, 0.717) is 0 Å². The third kappa shape index (κ3) is 73.5. The fraction of sp³-hybridized carbons (Fsp3) is 1.00. The summed E-state index contributed by atoms with van der Waals surface area (Å²) < 4.78 is 0. The van der Waals surface area contributed by atoms with Gasteiger partial charge in [-0.05, 0) is 0 Å². The van der Waals surface area contributed by atoms with Gasteiger partial charge in [-0.2, -0.15) is 0 Å². The van der Waals surface area contributed by atoms with Crippen LogP contribution in [0.15, 0.2) is 0 Å². The Balaban J connectivity index is -0.000000000179. The number of hydrogen-bond donors (Lipinski definition) is 1. The zero-order chi connectivity index (χ0) is 2.00. The van der Waals surface area contributed by atoms with Crippen LogP contribution in [0.3, 0.4) is 0 Å². The van der Waals surface area contributed by atoms with Crippen LogP contribution >= 0.6 is 49.6 Å². The van der Waals surface area contributed by atoms with E-state index in [9.17, 15) is 0 Å². The average molecular weight is 252 g/mol. The molecule has 0 spiro atoms. The van der Waals surface area contributed by atoms with Crippen LogP contribution in [0.25, 0.3) is 0 Å². The molecule has 8 heavy (non-hydrogen) atoms. The van der Waals surface area contributed by atoms with Gasteiger partial charge in [-0.3, -0.25) is 0 Å². The zero-order valence-electron chi connectivity index (χ0n) is 6.29. The molecule has 0 rings (SSSR count). The van der Waals surface area contributed by atoms with Crippen LogP contribution < -0.4 is 0 Å². The topological polar surface area (TPSA) is 20.2 Å². The molecule has 0 saturated heterocycles. The summed E-state index contributed by atoms with van der Waals surface area (Å²) in [5.41, 5.74) is 0. The van der Waals surface area contributed by atoms with E-state index in [4.69, 9.17) is 5.11 Å². The number of aliphatic hydroxyl groups is 1. The second kappa shape index (κ2) is 105. The summed E-state index contributed by atoms with van der Waals surface area (Å²) in [6, 6.07) is 0. The Bertz CT molecular complexity index is 23.2. The van der Waals surface area contributed by atoms with Gasteiger partial charge in [0.2, 0.25) is 0 Å². The van der Waals surface area contributed by atoms with Crippen LogP contribution in [0.1, 0.15) is 2.85 Å². The van der Waals surface area contributed by atoms with Gasteiger partial charge in [-0.1, -0.05) is 0 Å². The Hall–Kier alpha value is 2.60. The monoisotopic (exact) mass is 250 g/mol. The fourth-order valence-corrected chi connectivity index (χ4v) is 0. The Labute approximate surface area is 108 Å². The minimum absolute atomic E-state index is 0. The second-order valence-corrected chi connectivity index (χ2v) is 0. The number of rotatable bonds is 0. The van der Waals surface area contributed by atoms with Crippen LogP contribution in [0.5, 0.6) is 0 Å². The third-order valence-corrected chi connectivity index (χ3v) is 0. The first-order valence-corrected chi connectivity index (χ1v) is 0.447. The normalized spacial score (nSPS) is 0.750. The van der Waals surface area contributed by atoms with E-state index >= 15 is 0 Å². The predicted octanol–water partition coefficient (Wildman–Crippen LogP) is 1.14. The summed E-state index contributed by atoms with van der Waals surface area (Å²) >= 11 is 0. The summed E-state index contributed by atoms with van der Waals surface area (Å²) in [6.07, 6.45) is 0. The molecule has 0 aliphatic rings. The second-order valence-electron chi connectivity index (χ2n) is 0. The van der Waals surface area contributed by atoms with Crippen molar-refractivity contribution >= 4 is 72.7 Å². The molecule has 0 atom stereocenters. The molecule has 0 aliphatic carbocycles. The first kappa shape index (κ1) is 75.4. The number of aliphatic hydroxyl groups excluding tert-OH is 1. The minimum Gasteiger partial charge on any atom is -1.00 e. The zero-order valence-corrected chi connectivity index (χ0v) is 10.5. The summed E-state index contributed by atoms with van der Waals surface area (Å²) in [6.45, 7) is 0. The summed E-state index contributed by atoms with van der Waals surface area (Å²) in [4.78, 5) is 0. The number of hydrogen-bond acceptors (Lipinski definition) is 1. The molecule has 0 aromatic rings. The van der Waals surface area contributed by atoms with Crippen LogP contribution in [0, 0.1) is 0 Å². The molecule has 0 radical (unpaired) electrons. The molecule has 0 bridgehead atoms. The summed E-state index contributed by atoms with van der Waals surface area (Å²) in [7, 11) is 1.00. The molecule has 1 N–H and O–H groups in total. The Morgan fingerprint density at radius 2 is 0.875 bits per heavy atom. The van der Waals surface area contributed by atoms with Crippen molar-refractivity contribution in [1.29, 1.82) is 0 Å². The smallest absolute Gasteiger partial charge is 1.00 e. The summed E-state index contributed by atoms with van der Waals surface area (Å²) in [5, 5.41) is 7.00. The standard InChI is InChI=1S/CH4O.4ClH.Mg.Ti.2H/c1-2;;;;;;;;/h2H,1H3;4*1H;;;;/q;;;;;+2;;2*-1. The third-order valence-electron chi connectivity index (χ3n) is 0. The summed E-state index contributed by atoms with van der Waals surface area (Å²) in [5.74, 6) is 0. The van der Waals surface area contributed by atoms with E-state index in [-0.39, 0.29) is 97.3 Å². The van der Waals surface area contributed by atoms with Gasteiger partial charge in [-0.15, -0.1) is 49.6 Å². The predicted molar refractivity (Wildman–Crippen MR) is 45.1 cm³/mol. The van der Waals surface area contributed by atoms with Crippen molar-refractivity contribution in [2.75, 3.05) is 7.11 Å². The molecule has 0 saturated carbocycles. The molecule has 0 aliphatic heterocycles. The van der Waals surface area contributed by atoms with E-state index in [2.05, 4.69) is 0 Å². The van der Waals surface area contributed by atoms with E-state index in [0.717, 1.165) is 7.11 Å². The van der Waals surface area contributed by atoms with Crippen LogP contribution in [-0.2, 0) is 21.7 Å². The molecule has 0 aromatic carbocycles. The van der Waals surface area contributed by atoms with Crippen molar-refractivity contribution in [3.63, 3.8) is 0 Å². The van der Waals surface area contributed by atoms with Crippen molar-refractivity contribution in [2.45, 2.75) is 0 Å². The molecule has 0 aromatic heterocycles. The van der Waals surface area contributed by atoms with E-state index in [1.165, 1.54) is 0 Å². The van der Waals surface area contributed by atoms with Crippen LogP contribution in [-0.4, -0.2) is 35.3 Å². The fourth-order valence-electron chi connectivity index (χ4n) is 0. The van der Waals surface area contributed by atoms with Crippen molar-refractivity contribution in [1.82, 2.24) is 0 Å². The van der Waals surface area contributed by atoms with Gasteiger partial charge in [0.05, 0.1) is 0 Å². The van der Waals surface area contributed by atoms with Gasteiger partial charge in [0.25, 0.3) is 0 Å². The molecule has 0 heterocycles. The van der Waals surface area contributed by atoms with Gasteiger partial charge in [0.1, 0.15) is 0 Å². The quantitative estimate of drug-likeness (QED) is 0.641. The van der Waals surface area contributed by atoms with Crippen LogP contribution in [0.2, 0.25) is 0 Å². The average Bonchev–Trinajstić information content (AvgIpc) is 1.00. The van der Waals surface area contributed by atoms with E-state index in [1.807, 2.05) is 0 Å². The Morgan fingerprint density at radius 3 is 0.875 bits per heavy atom. The maximum atomic E-state index is 7.00. The van der Waals surface area contributed by atoms with Gasteiger partial charge in [0, 0.05) is 28.8 Å². The molecule has 7 heteroatoms. The first-order chi connectivity index (χ1) is 1.00. The van der Waals surface area contributed by atoms with Gasteiger partial charge < -0.3 is 7.96 Å². The van der Waals surface area contributed by atoms with E-state index < -0.39 is 0 Å². The van der Waals surface area contributed by atoms with Gasteiger partial charge in [-0.25, -0.2) is 0 Å². The maximum Gasteiger partial charge on any atom is 2.00 e. The van der Waals surface area contributed by atoms with Crippen molar-refractivity contribution < 1.29 is 29.7 Å². The maximum absolute atomic E-state index is 7.00. The number of halogens is 4. The molecular weight excluding hydrogens is 242 g/mol. The molecular formula is CH10Cl4MgOTi. The van der Waals surface area contributed by atoms with Crippen molar-refractivity contribution in [2.24, 2.45) is 0 Å². The first-order valence-electron chi connectivity index (χ1n) is 0.447. The molecule has 0 unspecified atom stereocenters. The van der Waals surface area contributed by atoms with E-state index in [1.54, 1.807) is 0 Å². The van der Waals surface area contributed by atoms with Crippen molar-refractivity contribution in [3.8, 4) is 0 Å². The SMILES string of the molecule is CO.Cl.Cl.Cl.Cl.[H-].[H-].[Mg+2].[Ti]. The molecule has 1 nitrogen and oxygen atoms in total. The minimum atomic E-state index is 0. The molecule has 0 fully saturated rings. The molecule has 0 amide bonds. The Kier molecular flexibility index (Phi) is 989. The largest absolute Gasteiger partial charge is 2.00 e. The van der Waals surface area contributed by atoms with Gasteiger partial charge in [0.15, 0.2) is 0 Å². The van der Waals surface area contributed by atoms with Gasteiger partial charge >= 0.3 is 23.1 Å². The van der Waals surface area contributed by atoms with Crippen LogP contribution in [0.4, 0.5) is 0 Å². The Morgan fingerprint density at radius 1 is 0.875 bits per heavy atom. The van der Waals surface area contributed by atoms with Crippen molar-refractivity contribution in [3.05, 3.63) is 0 Å². The molecule has 54 valence electrons.